The highest BCUT2D eigenvalue weighted by atomic mass is 32.2. The number of methoxy groups -OCH3 is 3. The number of rotatable bonds is 10. The second-order valence-corrected chi connectivity index (χ2v) is 8.37. The van der Waals surface area contributed by atoms with Crippen molar-refractivity contribution in [3.63, 3.8) is 0 Å². The molecule has 1 N–H and O–H groups in total. The molecule has 0 bridgehead atoms. The molecular formula is C21H27N3O6S. The van der Waals surface area contributed by atoms with Crippen molar-refractivity contribution < 1.29 is 27.4 Å². The Hall–Kier alpha value is -3.27. The quantitative estimate of drug-likeness (QED) is 0.441. The van der Waals surface area contributed by atoms with E-state index in [2.05, 4.69) is 10.5 Å². The number of carbonyl (C=O) groups is 1. The van der Waals surface area contributed by atoms with Crippen LogP contribution in [0.2, 0.25) is 0 Å². The Morgan fingerprint density at radius 1 is 1.00 bits per heavy atom. The molecule has 0 unspecified atom stereocenters. The van der Waals surface area contributed by atoms with Crippen LogP contribution in [0.15, 0.2) is 47.6 Å². The molecular weight excluding hydrogens is 422 g/mol. The van der Waals surface area contributed by atoms with Gasteiger partial charge in [-0.2, -0.15) is 5.10 Å². The van der Waals surface area contributed by atoms with Crippen LogP contribution < -0.4 is 23.9 Å². The normalized spacial score (nSPS) is 11.6. The van der Waals surface area contributed by atoms with Crippen molar-refractivity contribution >= 4 is 27.3 Å². The van der Waals surface area contributed by atoms with Crippen LogP contribution in [-0.2, 0) is 14.8 Å². The highest BCUT2D eigenvalue weighted by Gasteiger charge is 2.23. The largest absolute Gasteiger partial charge is 0.495 e. The standard InChI is InChI=1S/C21H27N3O6S/c1-6-16(15-11-12-19(29-3)20(13-15)30-4)22-23-21(25)14-24(31(5,26)27)17-9-7-8-10-18(17)28-2/h7-13H,6,14H2,1-5H3,(H,23,25)/b22-16-. The summed E-state index contributed by atoms with van der Waals surface area (Å²) in [5.74, 6) is 0.852. The molecule has 9 nitrogen and oxygen atoms in total. The molecule has 2 aromatic rings. The summed E-state index contributed by atoms with van der Waals surface area (Å²) < 4.78 is 41.4. The van der Waals surface area contributed by atoms with Gasteiger partial charge in [0.2, 0.25) is 10.0 Å². The minimum absolute atomic E-state index is 0.266. The summed E-state index contributed by atoms with van der Waals surface area (Å²) in [6.45, 7) is 1.44. The Kier molecular flexibility index (Phi) is 8.26. The molecule has 0 aliphatic carbocycles. The zero-order valence-electron chi connectivity index (χ0n) is 18.2. The number of hydrogen-bond acceptors (Lipinski definition) is 7. The van der Waals surface area contributed by atoms with E-state index in [1.54, 1.807) is 49.6 Å². The molecule has 2 aromatic carbocycles. The maximum atomic E-state index is 12.5. The van der Waals surface area contributed by atoms with Crippen LogP contribution in [0, 0.1) is 0 Å². The van der Waals surface area contributed by atoms with E-state index in [0.717, 1.165) is 16.1 Å². The molecule has 0 aromatic heterocycles. The molecule has 2 rings (SSSR count). The van der Waals surface area contributed by atoms with Crippen LogP contribution in [0.1, 0.15) is 18.9 Å². The monoisotopic (exact) mass is 449 g/mol. The van der Waals surface area contributed by atoms with Crippen LogP contribution in [0.5, 0.6) is 17.2 Å². The number of amides is 1. The fraction of sp³-hybridized carbons (Fsp3) is 0.333. The zero-order valence-corrected chi connectivity index (χ0v) is 19.0. The third kappa shape index (κ3) is 6.11. The average molecular weight is 450 g/mol. The van der Waals surface area contributed by atoms with E-state index in [1.807, 2.05) is 6.92 Å². The smallest absolute Gasteiger partial charge is 0.260 e. The Bertz CT molecular complexity index is 1050. The number of nitrogens with zero attached hydrogens (tertiary/aromatic N) is 2. The summed E-state index contributed by atoms with van der Waals surface area (Å²) in [4.78, 5) is 12.5. The predicted octanol–water partition coefficient (Wildman–Crippen LogP) is 2.41. The van der Waals surface area contributed by atoms with E-state index in [9.17, 15) is 13.2 Å². The van der Waals surface area contributed by atoms with E-state index in [4.69, 9.17) is 14.2 Å². The summed E-state index contributed by atoms with van der Waals surface area (Å²) in [6, 6.07) is 11.9. The second kappa shape index (κ2) is 10.7. The van der Waals surface area contributed by atoms with Gasteiger partial charge in [0.1, 0.15) is 12.3 Å². The highest BCUT2D eigenvalue weighted by Crippen LogP contribution is 2.29. The lowest BCUT2D eigenvalue weighted by Gasteiger charge is -2.23. The molecule has 168 valence electrons. The number of hydrogen-bond donors (Lipinski definition) is 1. The fourth-order valence-corrected chi connectivity index (χ4v) is 3.74. The van der Waals surface area contributed by atoms with Gasteiger partial charge in [0.25, 0.3) is 5.91 Å². The number of hydrazone groups is 1. The number of para-hydroxylation sites is 2. The van der Waals surface area contributed by atoms with Crippen molar-refractivity contribution in [2.75, 3.05) is 38.4 Å². The SMILES string of the molecule is CC/C(=N/NC(=O)CN(c1ccccc1OC)S(C)(=O)=O)c1ccc(OC)c(OC)c1. The molecule has 0 saturated carbocycles. The minimum atomic E-state index is -3.75. The van der Waals surface area contributed by atoms with Gasteiger partial charge in [0.15, 0.2) is 11.5 Å². The lowest BCUT2D eigenvalue weighted by Crippen LogP contribution is -2.39. The number of anilines is 1. The molecule has 31 heavy (non-hydrogen) atoms. The molecule has 0 atom stereocenters. The number of carbonyl (C=O) groups excluding carboxylic acids is 1. The van der Waals surface area contributed by atoms with E-state index in [0.29, 0.717) is 29.4 Å². The summed E-state index contributed by atoms with van der Waals surface area (Å²) in [7, 11) is 0.761. The third-order valence-corrected chi connectivity index (χ3v) is 5.54. The minimum Gasteiger partial charge on any atom is -0.495 e. The number of nitrogens with one attached hydrogen (secondary N) is 1. The summed E-state index contributed by atoms with van der Waals surface area (Å²) in [5, 5.41) is 4.18. The molecule has 0 spiro atoms. The molecule has 0 aliphatic rings. The van der Waals surface area contributed by atoms with Gasteiger partial charge < -0.3 is 14.2 Å². The second-order valence-electron chi connectivity index (χ2n) is 6.46. The van der Waals surface area contributed by atoms with Gasteiger partial charge in [0.05, 0.1) is 39.0 Å². The topological polar surface area (TPSA) is 107 Å². The fourth-order valence-electron chi connectivity index (χ4n) is 2.88. The summed E-state index contributed by atoms with van der Waals surface area (Å²) >= 11 is 0. The number of ether oxygens (including phenoxy) is 3. The first-order valence-electron chi connectivity index (χ1n) is 9.43. The van der Waals surface area contributed by atoms with Crippen molar-refractivity contribution in [3.05, 3.63) is 48.0 Å². The maximum Gasteiger partial charge on any atom is 0.260 e. The Balaban J connectivity index is 2.25. The van der Waals surface area contributed by atoms with Crippen molar-refractivity contribution in [3.8, 4) is 17.2 Å². The van der Waals surface area contributed by atoms with Gasteiger partial charge in [-0.3, -0.25) is 9.10 Å². The van der Waals surface area contributed by atoms with E-state index < -0.39 is 22.5 Å². The first-order chi connectivity index (χ1) is 14.7. The first-order valence-corrected chi connectivity index (χ1v) is 11.3. The van der Waals surface area contributed by atoms with Gasteiger partial charge in [-0.15, -0.1) is 0 Å². The van der Waals surface area contributed by atoms with Crippen molar-refractivity contribution in [1.29, 1.82) is 0 Å². The number of benzene rings is 2. The molecule has 10 heteroatoms. The van der Waals surface area contributed by atoms with Crippen LogP contribution in [0.25, 0.3) is 0 Å². The molecule has 0 saturated heterocycles. The Morgan fingerprint density at radius 3 is 2.23 bits per heavy atom. The Labute approximate surface area is 182 Å². The molecule has 0 aliphatic heterocycles. The lowest BCUT2D eigenvalue weighted by atomic mass is 10.1. The lowest BCUT2D eigenvalue weighted by molar-refractivity contribution is -0.119. The van der Waals surface area contributed by atoms with Crippen LogP contribution >= 0.6 is 0 Å². The van der Waals surface area contributed by atoms with Gasteiger partial charge in [-0.25, -0.2) is 13.8 Å². The van der Waals surface area contributed by atoms with Gasteiger partial charge in [-0.1, -0.05) is 19.1 Å². The van der Waals surface area contributed by atoms with Crippen molar-refractivity contribution in [2.45, 2.75) is 13.3 Å². The Morgan fingerprint density at radius 2 is 1.65 bits per heavy atom. The summed E-state index contributed by atoms with van der Waals surface area (Å²) in [6.07, 6.45) is 1.55. The zero-order chi connectivity index (χ0) is 23.0. The maximum absolute atomic E-state index is 12.5. The van der Waals surface area contributed by atoms with Gasteiger partial charge >= 0.3 is 0 Å². The number of sulfonamides is 1. The molecule has 0 fully saturated rings. The van der Waals surface area contributed by atoms with Crippen LogP contribution in [-0.4, -0.2) is 54.2 Å². The van der Waals surface area contributed by atoms with Crippen molar-refractivity contribution in [2.24, 2.45) is 5.10 Å². The first kappa shape index (κ1) is 24.0. The van der Waals surface area contributed by atoms with E-state index in [1.165, 1.54) is 14.2 Å². The molecule has 1 amide bonds. The van der Waals surface area contributed by atoms with Gasteiger partial charge in [0, 0.05) is 5.56 Å². The molecule has 0 heterocycles. The summed E-state index contributed by atoms with van der Waals surface area (Å²) in [5.41, 5.74) is 4.04. The van der Waals surface area contributed by atoms with Crippen molar-refractivity contribution in [1.82, 2.24) is 5.43 Å². The van der Waals surface area contributed by atoms with Crippen LogP contribution in [0.3, 0.4) is 0 Å². The van der Waals surface area contributed by atoms with Crippen LogP contribution in [0.4, 0.5) is 5.69 Å². The van der Waals surface area contributed by atoms with E-state index >= 15 is 0 Å². The van der Waals surface area contributed by atoms with Gasteiger partial charge in [-0.05, 0) is 36.8 Å². The van der Waals surface area contributed by atoms with E-state index in [-0.39, 0.29) is 5.69 Å². The highest BCUT2D eigenvalue weighted by molar-refractivity contribution is 7.92. The molecule has 0 radical (unpaired) electrons. The third-order valence-electron chi connectivity index (χ3n) is 4.41. The average Bonchev–Trinajstić information content (AvgIpc) is 2.76. The predicted molar refractivity (Wildman–Crippen MR) is 120 cm³/mol.